The van der Waals surface area contributed by atoms with E-state index in [1.807, 2.05) is 13.8 Å². The highest BCUT2D eigenvalue weighted by Gasteiger charge is 2.18. The molecule has 0 N–H and O–H groups in total. The van der Waals surface area contributed by atoms with Crippen LogP contribution in [0.2, 0.25) is 0 Å². The van der Waals surface area contributed by atoms with Crippen LogP contribution >= 0.6 is 12.6 Å². The Kier molecular flexibility index (Phi) is 3.67. The molecule has 0 spiro atoms. The Morgan fingerprint density at radius 3 is 2.27 bits per heavy atom. The van der Waals surface area contributed by atoms with Crippen LogP contribution in [0.1, 0.15) is 11.1 Å². The SMILES string of the molecule is COc1cc(C)c(C)cc1S(=O)(=O)CS. The zero-order valence-electron chi connectivity index (χ0n) is 8.94. The minimum atomic E-state index is -3.34. The fraction of sp³-hybridized carbons (Fsp3) is 0.400. The molecule has 3 nitrogen and oxygen atoms in total. The first-order valence-corrected chi connectivity index (χ1v) is 6.69. The van der Waals surface area contributed by atoms with Crippen LogP contribution in [-0.4, -0.2) is 20.6 Å². The number of methoxy groups -OCH3 is 1. The van der Waals surface area contributed by atoms with E-state index in [1.165, 1.54) is 7.11 Å². The maximum absolute atomic E-state index is 11.7. The van der Waals surface area contributed by atoms with Gasteiger partial charge in [0.25, 0.3) is 0 Å². The quantitative estimate of drug-likeness (QED) is 0.829. The Labute approximate surface area is 95.8 Å². The number of rotatable bonds is 3. The van der Waals surface area contributed by atoms with E-state index >= 15 is 0 Å². The van der Waals surface area contributed by atoms with Crippen molar-refractivity contribution in [2.75, 3.05) is 12.2 Å². The maximum atomic E-state index is 11.7. The predicted molar refractivity (Wildman–Crippen MR) is 63.5 cm³/mol. The second-order valence-corrected chi connectivity index (χ2v) is 6.03. The van der Waals surface area contributed by atoms with Crippen molar-refractivity contribution < 1.29 is 13.2 Å². The molecule has 0 saturated heterocycles. The Hall–Kier alpha value is -0.680. The lowest BCUT2D eigenvalue weighted by atomic mass is 10.1. The van der Waals surface area contributed by atoms with Crippen molar-refractivity contribution in [2.24, 2.45) is 0 Å². The first-order valence-electron chi connectivity index (χ1n) is 4.41. The summed E-state index contributed by atoms with van der Waals surface area (Å²) in [6, 6.07) is 3.35. The molecule has 0 atom stereocenters. The van der Waals surface area contributed by atoms with Gasteiger partial charge in [-0.1, -0.05) is 0 Å². The summed E-state index contributed by atoms with van der Waals surface area (Å²) in [5.74, 6) is 0.382. The van der Waals surface area contributed by atoms with Gasteiger partial charge in [-0.3, -0.25) is 0 Å². The van der Waals surface area contributed by atoms with Crippen LogP contribution in [0.15, 0.2) is 17.0 Å². The molecule has 5 heteroatoms. The molecular weight excluding hydrogens is 232 g/mol. The van der Waals surface area contributed by atoms with Crippen LogP contribution in [0, 0.1) is 13.8 Å². The molecule has 0 unspecified atom stereocenters. The molecule has 0 aliphatic rings. The van der Waals surface area contributed by atoms with Crippen LogP contribution in [-0.2, 0) is 9.84 Å². The smallest absolute Gasteiger partial charge is 0.191 e. The maximum Gasteiger partial charge on any atom is 0.191 e. The van der Waals surface area contributed by atoms with Crippen molar-refractivity contribution >= 4 is 22.5 Å². The number of ether oxygens (including phenoxy) is 1. The fourth-order valence-corrected chi connectivity index (χ4v) is 2.60. The molecule has 0 amide bonds. The highest BCUT2D eigenvalue weighted by molar-refractivity contribution is 8.03. The summed E-state index contributed by atoms with van der Waals surface area (Å²) < 4.78 is 28.4. The third kappa shape index (κ3) is 2.46. The summed E-state index contributed by atoms with van der Waals surface area (Å²) in [5, 5.41) is -0.216. The number of aryl methyl sites for hydroxylation is 2. The van der Waals surface area contributed by atoms with Crippen molar-refractivity contribution in [3.8, 4) is 5.75 Å². The van der Waals surface area contributed by atoms with Crippen molar-refractivity contribution in [3.05, 3.63) is 23.3 Å². The highest BCUT2D eigenvalue weighted by Crippen LogP contribution is 2.28. The van der Waals surface area contributed by atoms with Gasteiger partial charge in [0.1, 0.15) is 10.6 Å². The molecule has 0 aliphatic carbocycles. The lowest BCUT2D eigenvalue weighted by molar-refractivity contribution is 0.402. The second-order valence-electron chi connectivity index (χ2n) is 3.33. The third-order valence-electron chi connectivity index (χ3n) is 2.28. The minimum Gasteiger partial charge on any atom is -0.495 e. The fourth-order valence-electron chi connectivity index (χ4n) is 1.24. The Bertz CT molecular complexity index is 464. The van der Waals surface area contributed by atoms with E-state index in [2.05, 4.69) is 12.6 Å². The van der Waals surface area contributed by atoms with Crippen LogP contribution in [0.4, 0.5) is 0 Å². The summed E-state index contributed by atoms with van der Waals surface area (Å²) in [4.78, 5) is 0.211. The van der Waals surface area contributed by atoms with E-state index in [9.17, 15) is 8.42 Å². The first kappa shape index (κ1) is 12.4. The van der Waals surface area contributed by atoms with Crippen molar-refractivity contribution in [1.82, 2.24) is 0 Å². The zero-order chi connectivity index (χ0) is 11.6. The van der Waals surface area contributed by atoms with E-state index in [1.54, 1.807) is 12.1 Å². The molecular formula is C10H14O3S2. The van der Waals surface area contributed by atoms with E-state index < -0.39 is 9.84 Å². The average molecular weight is 246 g/mol. The number of hydrogen-bond acceptors (Lipinski definition) is 4. The highest BCUT2D eigenvalue weighted by atomic mass is 32.2. The van der Waals surface area contributed by atoms with Crippen LogP contribution in [0.3, 0.4) is 0 Å². The van der Waals surface area contributed by atoms with Gasteiger partial charge >= 0.3 is 0 Å². The van der Waals surface area contributed by atoms with Crippen LogP contribution in [0.5, 0.6) is 5.75 Å². The summed E-state index contributed by atoms with van der Waals surface area (Å²) >= 11 is 3.82. The van der Waals surface area contributed by atoms with Gasteiger partial charge < -0.3 is 4.74 Å². The Morgan fingerprint density at radius 2 is 1.80 bits per heavy atom. The zero-order valence-corrected chi connectivity index (χ0v) is 10.7. The van der Waals surface area contributed by atoms with Gasteiger partial charge in [0.05, 0.1) is 12.2 Å². The van der Waals surface area contributed by atoms with Crippen molar-refractivity contribution in [3.63, 3.8) is 0 Å². The number of thiol groups is 1. The largest absolute Gasteiger partial charge is 0.495 e. The van der Waals surface area contributed by atoms with Gasteiger partial charge in [-0.25, -0.2) is 8.42 Å². The normalized spacial score (nSPS) is 11.5. The topological polar surface area (TPSA) is 43.4 Å². The molecule has 0 fully saturated rings. The van der Waals surface area contributed by atoms with Gasteiger partial charge in [-0.15, -0.1) is 0 Å². The van der Waals surface area contributed by atoms with E-state index in [4.69, 9.17) is 4.74 Å². The lowest BCUT2D eigenvalue weighted by Gasteiger charge is -2.10. The number of sulfone groups is 1. The van der Waals surface area contributed by atoms with Gasteiger partial charge in [0, 0.05) is 0 Å². The van der Waals surface area contributed by atoms with E-state index in [0.29, 0.717) is 5.75 Å². The molecule has 0 heterocycles. The standard InChI is InChI=1S/C10H14O3S2/c1-7-4-9(13-3)10(5-8(7)2)15(11,12)6-14/h4-5,14H,6H2,1-3H3. The van der Waals surface area contributed by atoms with E-state index in [0.717, 1.165) is 11.1 Å². The average Bonchev–Trinajstić information content (AvgIpc) is 2.21. The second kappa shape index (κ2) is 4.45. The van der Waals surface area contributed by atoms with Gasteiger partial charge in [0.2, 0.25) is 0 Å². The van der Waals surface area contributed by atoms with Crippen molar-refractivity contribution in [2.45, 2.75) is 18.7 Å². The molecule has 0 aromatic heterocycles. The van der Waals surface area contributed by atoms with E-state index in [-0.39, 0.29) is 9.98 Å². The number of benzene rings is 1. The van der Waals surface area contributed by atoms with Crippen LogP contribution in [0.25, 0.3) is 0 Å². The van der Waals surface area contributed by atoms with Crippen molar-refractivity contribution in [1.29, 1.82) is 0 Å². The van der Waals surface area contributed by atoms with Gasteiger partial charge in [-0.05, 0) is 37.1 Å². The molecule has 0 radical (unpaired) electrons. The lowest BCUT2D eigenvalue weighted by Crippen LogP contribution is -2.05. The van der Waals surface area contributed by atoms with Gasteiger partial charge in [-0.2, -0.15) is 12.6 Å². The summed E-state index contributed by atoms with van der Waals surface area (Å²) in [6.07, 6.45) is 0. The molecule has 84 valence electrons. The monoisotopic (exact) mass is 246 g/mol. The summed E-state index contributed by atoms with van der Waals surface area (Å²) in [6.45, 7) is 3.78. The molecule has 1 aromatic rings. The Morgan fingerprint density at radius 1 is 1.27 bits per heavy atom. The van der Waals surface area contributed by atoms with Crippen LogP contribution < -0.4 is 4.74 Å². The minimum absolute atomic E-state index is 0.211. The molecule has 0 aliphatic heterocycles. The molecule has 15 heavy (non-hydrogen) atoms. The third-order valence-corrected chi connectivity index (χ3v) is 4.63. The number of hydrogen-bond donors (Lipinski definition) is 1. The Balaban J connectivity index is 3.48. The first-order chi connectivity index (χ1) is 6.92. The molecule has 0 saturated carbocycles. The summed E-state index contributed by atoms with van der Waals surface area (Å²) in [5.41, 5.74) is 1.93. The summed E-state index contributed by atoms with van der Waals surface area (Å²) in [7, 11) is -1.88. The predicted octanol–water partition coefficient (Wildman–Crippen LogP) is 1.97. The van der Waals surface area contributed by atoms with Gasteiger partial charge in [0.15, 0.2) is 9.84 Å². The molecule has 0 bridgehead atoms. The molecule has 1 aromatic carbocycles. The molecule has 1 rings (SSSR count).